The maximum atomic E-state index is 13.3. The van der Waals surface area contributed by atoms with E-state index >= 15 is 0 Å². The zero-order valence-corrected chi connectivity index (χ0v) is 21.3. The first-order valence-electron chi connectivity index (χ1n) is 12.6. The Balaban J connectivity index is 1.67. The fraction of sp³-hybridized carbons (Fsp3) is 0.367. The lowest BCUT2D eigenvalue weighted by Crippen LogP contribution is -2.37. The SMILES string of the molecule is CC1CCN(C(c2ccc(Cl)cc2)c2ccc(C3(C(=O)O)CC3)cc2-c2ccc(C(F)(F)F)cc2)CC1. The van der Waals surface area contributed by atoms with Gasteiger partial charge in [0, 0.05) is 5.02 Å². The van der Waals surface area contributed by atoms with Gasteiger partial charge in [-0.3, -0.25) is 9.69 Å². The molecule has 1 N–H and O–H groups in total. The van der Waals surface area contributed by atoms with Crippen LogP contribution in [0.3, 0.4) is 0 Å². The molecule has 0 radical (unpaired) electrons. The van der Waals surface area contributed by atoms with Crippen LogP contribution < -0.4 is 0 Å². The highest BCUT2D eigenvalue weighted by molar-refractivity contribution is 6.30. The molecular weight excluding hydrogens is 499 g/mol. The number of alkyl halides is 3. The van der Waals surface area contributed by atoms with Crippen LogP contribution in [0.2, 0.25) is 5.02 Å². The highest BCUT2D eigenvalue weighted by Crippen LogP contribution is 2.50. The van der Waals surface area contributed by atoms with Crippen molar-refractivity contribution in [3.8, 4) is 11.1 Å². The lowest BCUT2D eigenvalue weighted by atomic mass is 9.84. The van der Waals surface area contributed by atoms with E-state index in [1.54, 1.807) is 0 Å². The standard InChI is InChI=1S/C30H29ClF3NO2/c1-19-12-16-35(17-13-19)27(21-4-9-24(31)10-5-21)25-11-8-23(29(14-15-29)28(36)37)18-26(25)20-2-6-22(7-3-20)30(32,33)34/h2-11,18-19,27H,12-17H2,1H3,(H,36,37). The Morgan fingerprint density at radius 2 is 1.62 bits per heavy atom. The Morgan fingerprint density at radius 1 is 1.00 bits per heavy atom. The number of benzene rings is 3. The van der Waals surface area contributed by atoms with Gasteiger partial charge in [-0.1, -0.05) is 54.9 Å². The summed E-state index contributed by atoms with van der Waals surface area (Å²) in [5, 5.41) is 10.5. The van der Waals surface area contributed by atoms with Gasteiger partial charge in [-0.2, -0.15) is 13.2 Å². The summed E-state index contributed by atoms with van der Waals surface area (Å²) in [5.41, 5.74) is 2.45. The van der Waals surface area contributed by atoms with Crippen molar-refractivity contribution >= 4 is 17.6 Å². The van der Waals surface area contributed by atoms with E-state index in [1.807, 2.05) is 42.5 Å². The number of rotatable bonds is 6. The van der Waals surface area contributed by atoms with E-state index in [0.717, 1.165) is 54.8 Å². The summed E-state index contributed by atoms with van der Waals surface area (Å²) >= 11 is 6.19. The number of carboxylic acid groups (broad SMARTS) is 1. The molecule has 3 nitrogen and oxygen atoms in total. The second kappa shape index (κ2) is 9.80. The van der Waals surface area contributed by atoms with Crippen LogP contribution in [0.25, 0.3) is 11.1 Å². The van der Waals surface area contributed by atoms with E-state index in [4.69, 9.17) is 11.6 Å². The maximum absolute atomic E-state index is 13.3. The van der Waals surface area contributed by atoms with Gasteiger partial charge in [-0.25, -0.2) is 0 Å². The zero-order chi connectivity index (χ0) is 26.4. The smallest absolute Gasteiger partial charge is 0.416 e. The fourth-order valence-corrected chi connectivity index (χ4v) is 5.58. The molecular formula is C30H29ClF3NO2. The summed E-state index contributed by atoms with van der Waals surface area (Å²) < 4.78 is 39.9. The van der Waals surface area contributed by atoms with Gasteiger partial charge >= 0.3 is 12.1 Å². The monoisotopic (exact) mass is 527 g/mol. The molecule has 2 fully saturated rings. The quantitative estimate of drug-likeness (QED) is 0.353. The molecule has 3 aromatic carbocycles. The second-order valence-electron chi connectivity index (χ2n) is 10.4. The minimum atomic E-state index is -4.43. The predicted molar refractivity (Wildman–Crippen MR) is 139 cm³/mol. The Labute approximate surface area is 219 Å². The predicted octanol–water partition coefficient (Wildman–Crippen LogP) is 7.96. The first-order valence-corrected chi connectivity index (χ1v) is 13.0. The fourth-order valence-electron chi connectivity index (χ4n) is 5.45. The number of hydrogen-bond donors (Lipinski definition) is 1. The van der Waals surface area contributed by atoms with Gasteiger partial charge in [0.1, 0.15) is 0 Å². The second-order valence-corrected chi connectivity index (χ2v) is 10.9. The topological polar surface area (TPSA) is 40.5 Å². The number of piperidine rings is 1. The number of carboxylic acids is 1. The molecule has 7 heteroatoms. The van der Waals surface area contributed by atoms with Crippen LogP contribution in [0.5, 0.6) is 0 Å². The minimum absolute atomic E-state index is 0.143. The number of nitrogens with zero attached hydrogens (tertiary/aromatic N) is 1. The maximum Gasteiger partial charge on any atom is 0.416 e. The molecule has 0 bridgehead atoms. The third-order valence-corrected chi connectivity index (χ3v) is 8.20. The molecule has 1 heterocycles. The molecule has 2 aliphatic rings. The van der Waals surface area contributed by atoms with Crippen molar-refractivity contribution in [1.82, 2.24) is 4.90 Å². The van der Waals surface area contributed by atoms with E-state index in [1.165, 1.54) is 12.1 Å². The average Bonchev–Trinajstić information content (AvgIpc) is 3.69. The van der Waals surface area contributed by atoms with Crippen molar-refractivity contribution < 1.29 is 23.1 Å². The van der Waals surface area contributed by atoms with Crippen molar-refractivity contribution in [2.45, 2.75) is 50.2 Å². The lowest BCUT2D eigenvalue weighted by molar-refractivity contribution is -0.140. The molecule has 0 spiro atoms. The number of hydrogen-bond acceptors (Lipinski definition) is 2. The van der Waals surface area contributed by atoms with Crippen LogP contribution in [-0.4, -0.2) is 29.1 Å². The number of aliphatic carboxylic acids is 1. The molecule has 1 aliphatic heterocycles. The number of halogens is 4. The summed E-state index contributed by atoms with van der Waals surface area (Å²) in [6.07, 6.45) is -1.21. The minimum Gasteiger partial charge on any atom is -0.481 e. The van der Waals surface area contributed by atoms with E-state index in [2.05, 4.69) is 11.8 Å². The summed E-state index contributed by atoms with van der Waals surface area (Å²) in [7, 11) is 0. The third kappa shape index (κ3) is 5.14. The van der Waals surface area contributed by atoms with Crippen LogP contribution in [0.1, 0.15) is 60.9 Å². The van der Waals surface area contributed by atoms with Crippen molar-refractivity contribution in [3.63, 3.8) is 0 Å². The normalized spacial score (nSPS) is 18.9. The summed E-state index contributed by atoms with van der Waals surface area (Å²) in [6, 6.07) is 18.5. The zero-order valence-electron chi connectivity index (χ0n) is 20.6. The molecule has 1 saturated heterocycles. The summed E-state index contributed by atoms with van der Waals surface area (Å²) in [6.45, 7) is 4.03. The van der Waals surface area contributed by atoms with E-state index in [9.17, 15) is 23.1 Å². The van der Waals surface area contributed by atoms with Gasteiger partial charge in [0.05, 0.1) is 17.0 Å². The first kappa shape index (κ1) is 25.8. The molecule has 1 atom stereocenters. The van der Waals surface area contributed by atoms with E-state index < -0.39 is 23.1 Å². The van der Waals surface area contributed by atoms with Crippen molar-refractivity contribution in [3.05, 3.63) is 94.0 Å². The Hall–Kier alpha value is -2.83. The van der Waals surface area contributed by atoms with Gasteiger partial charge in [0.15, 0.2) is 0 Å². The Morgan fingerprint density at radius 3 is 2.16 bits per heavy atom. The lowest BCUT2D eigenvalue weighted by Gasteiger charge is -2.38. The average molecular weight is 528 g/mol. The van der Waals surface area contributed by atoms with Crippen LogP contribution >= 0.6 is 11.6 Å². The molecule has 0 aromatic heterocycles. The Bertz CT molecular complexity index is 1280. The molecule has 0 amide bonds. The molecule has 194 valence electrons. The molecule has 5 rings (SSSR count). The number of likely N-dealkylation sites (tertiary alicyclic amines) is 1. The van der Waals surface area contributed by atoms with Crippen molar-refractivity contribution in [2.24, 2.45) is 5.92 Å². The molecule has 1 saturated carbocycles. The van der Waals surface area contributed by atoms with Crippen molar-refractivity contribution in [2.75, 3.05) is 13.1 Å². The largest absolute Gasteiger partial charge is 0.481 e. The third-order valence-electron chi connectivity index (χ3n) is 7.95. The van der Waals surface area contributed by atoms with Crippen LogP contribution in [0.4, 0.5) is 13.2 Å². The molecule has 37 heavy (non-hydrogen) atoms. The summed E-state index contributed by atoms with van der Waals surface area (Å²) in [4.78, 5) is 14.5. The van der Waals surface area contributed by atoms with Gasteiger partial charge < -0.3 is 5.11 Å². The van der Waals surface area contributed by atoms with Gasteiger partial charge in [0.25, 0.3) is 0 Å². The van der Waals surface area contributed by atoms with Crippen LogP contribution in [0.15, 0.2) is 66.7 Å². The highest BCUT2D eigenvalue weighted by Gasteiger charge is 2.52. The summed E-state index contributed by atoms with van der Waals surface area (Å²) in [5.74, 6) is -0.234. The molecule has 1 aliphatic carbocycles. The van der Waals surface area contributed by atoms with Gasteiger partial charge in [-0.15, -0.1) is 0 Å². The van der Waals surface area contributed by atoms with Gasteiger partial charge in [-0.05, 0) is 103 Å². The van der Waals surface area contributed by atoms with Gasteiger partial charge in [0.2, 0.25) is 0 Å². The highest BCUT2D eigenvalue weighted by atomic mass is 35.5. The molecule has 1 unspecified atom stereocenters. The number of carbonyl (C=O) groups is 1. The Kier molecular flexibility index (Phi) is 6.84. The van der Waals surface area contributed by atoms with Crippen LogP contribution in [0, 0.1) is 5.92 Å². The molecule has 3 aromatic rings. The van der Waals surface area contributed by atoms with E-state index in [0.29, 0.717) is 34.9 Å². The first-order chi connectivity index (χ1) is 17.6. The van der Waals surface area contributed by atoms with Crippen molar-refractivity contribution in [1.29, 1.82) is 0 Å². The van der Waals surface area contributed by atoms with E-state index in [-0.39, 0.29) is 6.04 Å². The van der Waals surface area contributed by atoms with Crippen LogP contribution in [-0.2, 0) is 16.4 Å².